The average Bonchev–Trinajstić information content (AvgIpc) is 2.81. The van der Waals surface area contributed by atoms with Crippen molar-refractivity contribution in [3.05, 3.63) is 29.8 Å². The molecule has 0 aliphatic carbocycles. The van der Waals surface area contributed by atoms with Crippen LogP contribution in [0, 0.1) is 5.92 Å². The number of rotatable bonds is 1. The SMILES string of the molecule is CN1CCC2CCN(c3ccc(C(F)(F)F)cc3)C2C1. The van der Waals surface area contributed by atoms with Crippen molar-refractivity contribution in [3.63, 3.8) is 0 Å². The van der Waals surface area contributed by atoms with E-state index < -0.39 is 11.7 Å². The number of alkyl halides is 3. The number of likely N-dealkylation sites (N-methyl/N-ethyl adjacent to an activating group) is 1. The molecule has 1 aromatic carbocycles. The molecule has 0 bridgehead atoms. The number of halogens is 3. The van der Waals surface area contributed by atoms with E-state index in [1.807, 2.05) is 0 Å². The standard InChI is InChI=1S/C15H19F3N2/c1-19-8-6-11-7-9-20(14(11)10-19)13-4-2-12(3-5-13)15(16,17)18/h2-5,11,14H,6-10H2,1H3. The van der Waals surface area contributed by atoms with Gasteiger partial charge in [-0.15, -0.1) is 0 Å². The van der Waals surface area contributed by atoms with Gasteiger partial charge in [-0.3, -0.25) is 0 Å². The highest BCUT2D eigenvalue weighted by atomic mass is 19.4. The van der Waals surface area contributed by atoms with E-state index in [2.05, 4.69) is 16.8 Å². The largest absolute Gasteiger partial charge is 0.416 e. The summed E-state index contributed by atoms with van der Waals surface area (Å²) in [4.78, 5) is 4.59. The first-order chi connectivity index (χ1) is 9.45. The molecule has 0 radical (unpaired) electrons. The molecule has 2 heterocycles. The molecule has 110 valence electrons. The Kier molecular flexibility index (Phi) is 3.40. The quantitative estimate of drug-likeness (QED) is 0.781. The van der Waals surface area contributed by atoms with Gasteiger partial charge in [0.15, 0.2) is 0 Å². The van der Waals surface area contributed by atoms with Crippen molar-refractivity contribution >= 4 is 5.69 Å². The Hall–Kier alpha value is -1.23. The maximum atomic E-state index is 12.6. The predicted octanol–water partition coefficient (Wildman–Crippen LogP) is 3.24. The first kappa shape index (κ1) is 13.7. The molecule has 2 aliphatic rings. The Balaban J connectivity index is 1.79. The number of benzene rings is 1. The van der Waals surface area contributed by atoms with Crippen LogP contribution in [0.5, 0.6) is 0 Å². The van der Waals surface area contributed by atoms with Crippen molar-refractivity contribution in [1.29, 1.82) is 0 Å². The molecule has 20 heavy (non-hydrogen) atoms. The second kappa shape index (κ2) is 4.95. The lowest BCUT2D eigenvalue weighted by molar-refractivity contribution is -0.137. The summed E-state index contributed by atoms with van der Waals surface area (Å²) in [5.74, 6) is 0.688. The molecule has 0 spiro atoms. The number of hydrogen-bond donors (Lipinski definition) is 0. The van der Waals surface area contributed by atoms with E-state index in [9.17, 15) is 13.2 Å². The lowest BCUT2D eigenvalue weighted by Crippen LogP contribution is -2.46. The molecular formula is C15H19F3N2. The number of likely N-dealkylation sites (tertiary alicyclic amines) is 1. The van der Waals surface area contributed by atoms with Gasteiger partial charge in [-0.1, -0.05) is 0 Å². The molecule has 2 saturated heterocycles. The van der Waals surface area contributed by atoms with Crippen molar-refractivity contribution in [2.45, 2.75) is 25.1 Å². The summed E-state index contributed by atoms with van der Waals surface area (Å²) < 4.78 is 37.8. The highest BCUT2D eigenvalue weighted by molar-refractivity contribution is 5.50. The average molecular weight is 284 g/mol. The summed E-state index contributed by atoms with van der Waals surface area (Å²) in [5.41, 5.74) is 0.346. The molecule has 1 aromatic rings. The van der Waals surface area contributed by atoms with Crippen LogP contribution in [0.3, 0.4) is 0 Å². The van der Waals surface area contributed by atoms with Crippen molar-refractivity contribution in [1.82, 2.24) is 4.90 Å². The fraction of sp³-hybridized carbons (Fsp3) is 0.600. The van der Waals surface area contributed by atoms with Gasteiger partial charge in [0.2, 0.25) is 0 Å². The van der Waals surface area contributed by atoms with Crippen molar-refractivity contribution in [3.8, 4) is 0 Å². The molecule has 0 aromatic heterocycles. The molecule has 0 N–H and O–H groups in total. The van der Waals surface area contributed by atoms with E-state index in [1.165, 1.54) is 18.6 Å². The predicted molar refractivity (Wildman–Crippen MR) is 72.8 cm³/mol. The minimum Gasteiger partial charge on any atom is -0.367 e. The zero-order valence-electron chi connectivity index (χ0n) is 11.5. The fourth-order valence-electron chi connectivity index (χ4n) is 3.46. The van der Waals surface area contributed by atoms with Crippen LogP contribution in [0.2, 0.25) is 0 Å². The zero-order valence-corrected chi connectivity index (χ0v) is 11.5. The van der Waals surface area contributed by atoms with E-state index in [0.29, 0.717) is 12.0 Å². The molecule has 2 unspecified atom stereocenters. The highest BCUT2D eigenvalue weighted by Crippen LogP contribution is 2.36. The summed E-state index contributed by atoms with van der Waals surface area (Å²) >= 11 is 0. The van der Waals surface area contributed by atoms with Crippen LogP contribution in [-0.4, -0.2) is 37.6 Å². The molecule has 2 fully saturated rings. The third kappa shape index (κ3) is 2.51. The second-order valence-electron chi connectivity index (χ2n) is 5.91. The van der Waals surface area contributed by atoms with Crippen LogP contribution in [0.1, 0.15) is 18.4 Å². The van der Waals surface area contributed by atoms with Gasteiger partial charge in [0, 0.05) is 24.8 Å². The van der Waals surface area contributed by atoms with Crippen LogP contribution in [0.15, 0.2) is 24.3 Å². The Morgan fingerprint density at radius 1 is 1.05 bits per heavy atom. The summed E-state index contributed by atoms with van der Waals surface area (Å²) in [5, 5.41) is 0. The molecule has 3 rings (SSSR count). The fourth-order valence-corrected chi connectivity index (χ4v) is 3.46. The summed E-state index contributed by atoms with van der Waals surface area (Å²) in [6.45, 7) is 3.09. The summed E-state index contributed by atoms with van der Waals surface area (Å²) in [6.07, 6.45) is -1.91. The van der Waals surface area contributed by atoms with Crippen molar-refractivity contribution in [2.24, 2.45) is 5.92 Å². The molecule has 5 heteroatoms. The third-order valence-corrected chi connectivity index (χ3v) is 4.59. The topological polar surface area (TPSA) is 6.48 Å². The van der Waals surface area contributed by atoms with E-state index in [-0.39, 0.29) is 0 Å². The molecule has 2 nitrogen and oxygen atoms in total. The highest BCUT2D eigenvalue weighted by Gasteiger charge is 2.38. The second-order valence-corrected chi connectivity index (χ2v) is 5.91. The van der Waals surface area contributed by atoms with Crippen LogP contribution in [0.25, 0.3) is 0 Å². The van der Waals surface area contributed by atoms with Crippen molar-refractivity contribution < 1.29 is 13.2 Å². The normalized spacial score (nSPS) is 27.7. The first-order valence-corrected chi connectivity index (χ1v) is 7.07. The maximum absolute atomic E-state index is 12.6. The minimum absolute atomic E-state index is 0.450. The van der Waals surface area contributed by atoms with Gasteiger partial charge < -0.3 is 9.80 Å². The van der Waals surface area contributed by atoms with Gasteiger partial charge in [-0.25, -0.2) is 0 Å². The maximum Gasteiger partial charge on any atom is 0.416 e. The van der Waals surface area contributed by atoms with Crippen LogP contribution >= 0.6 is 0 Å². The Labute approximate surface area is 117 Å². The van der Waals surface area contributed by atoms with E-state index in [1.54, 1.807) is 12.1 Å². The van der Waals surface area contributed by atoms with Gasteiger partial charge in [0.25, 0.3) is 0 Å². The van der Waals surface area contributed by atoms with Gasteiger partial charge in [-0.2, -0.15) is 13.2 Å². The van der Waals surface area contributed by atoms with Gasteiger partial charge in [0.1, 0.15) is 0 Å². The summed E-state index contributed by atoms with van der Waals surface area (Å²) in [6, 6.07) is 6.05. The first-order valence-electron chi connectivity index (χ1n) is 7.07. The van der Waals surface area contributed by atoms with E-state index in [4.69, 9.17) is 0 Å². The monoisotopic (exact) mass is 284 g/mol. The number of hydrogen-bond acceptors (Lipinski definition) is 2. The molecule has 0 saturated carbocycles. The molecule has 2 atom stereocenters. The van der Waals surface area contributed by atoms with Gasteiger partial charge in [-0.05, 0) is 56.6 Å². The van der Waals surface area contributed by atoms with Crippen LogP contribution in [0.4, 0.5) is 18.9 Å². The van der Waals surface area contributed by atoms with E-state index >= 15 is 0 Å². The number of piperidine rings is 1. The smallest absolute Gasteiger partial charge is 0.367 e. The summed E-state index contributed by atoms with van der Waals surface area (Å²) in [7, 11) is 2.11. The van der Waals surface area contributed by atoms with Crippen LogP contribution in [-0.2, 0) is 6.18 Å². The Bertz CT molecular complexity index is 469. The Morgan fingerprint density at radius 3 is 2.35 bits per heavy atom. The van der Waals surface area contributed by atoms with E-state index in [0.717, 1.165) is 31.7 Å². The number of fused-ring (bicyclic) bond motifs is 1. The van der Waals surface area contributed by atoms with Crippen molar-refractivity contribution in [2.75, 3.05) is 31.6 Å². The van der Waals surface area contributed by atoms with Gasteiger partial charge >= 0.3 is 6.18 Å². The lowest BCUT2D eigenvalue weighted by atomic mass is 9.92. The Morgan fingerprint density at radius 2 is 1.70 bits per heavy atom. The zero-order chi connectivity index (χ0) is 14.3. The van der Waals surface area contributed by atoms with Crippen LogP contribution < -0.4 is 4.90 Å². The molecule has 0 amide bonds. The lowest BCUT2D eigenvalue weighted by Gasteiger charge is -2.37. The van der Waals surface area contributed by atoms with Gasteiger partial charge in [0.05, 0.1) is 5.56 Å². The third-order valence-electron chi connectivity index (χ3n) is 4.59. The number of nitrogens with zero attached hydrogens (tertiary/aromatic N) is 2. The molecular weight excluding hydrogens is 265 g/mol. The minimum atomic E-state index is -4.25. The number of anilines is 1. The molecule has 2 aliphatic heterocycles.